The van der Waals surface area contributed by atoms with E-state index in [9.17, 15) is 22.4 Å². The molecule has 2 fully saturated rings. The minimum Gasteiger partial charge on any atom is -0.490 e. The molecule has 0 spiro atoms. The highest BCUT2D eigenvalue weighted by molar-refractivity contribution is 7.92. The van der Waals surface area contributed by atoms with Crippen molar-refractivity contribution in [2.24, 2.45) is 0 Å². The van der Waals surface area contributed by atoms with Gasteiger partial charge in [0.2, 0.25) is 15.9 Å². The Morgan fingerprint density at radius 1 is 0.783 bits per heavy atom. The van der Waals surface area contributed by atoms with E-state index in [1.165, 1.54) is 37.0 Å². The van der Waals surface area contributed by atoms with E-state index in [1.54, 1.807) is 18.2 Å². The van der Waals surface area contributed by atoms with E-state index >= 15 is 0 Å². The molecule has 0 bridgehead atoms. The Morgan fingerprint density at radius 3 is 1.70 bits per heavy atom. The van der Waals surface area contributed by atoms with Gasteiger partial charge in [-0.3, -0.25) is 9.52 Å². The van der Waals surface area contributed by atoms with Gasteiger partial charge in [0.05, 0.1) is 45.5 Å². The smallest absolute Gasteiger partial charge is 0.330 e. The van der Waals surface area contributed by atoms with Gasteiger partial charge in [-0.15, -0.1) is 0 Å². The van der Waals surface area contributed by atoms with Crippen molar-refractivity contribution < 1.29 is 46.1 Å². The Morgan fingerprint density at radius 2 is 1.27 bits per heavy atom. The highest BCUT2D eigenvalue weighted by Gasteiger charge is 2.22. The molecule has 5 rings (SSSR count). The van der Waals surface area contributed by atoms with Crippen LogP contribution in [-0.4, -0.2) is 72.3 Å². The van der Waals surface area contributed by atoms with E-state index in [0.29, 0.717) is 18.8 Å². The largest absolute Gasteiger partial charge is 0.490 e. The lowest BCUT2D eigenvalue weighted by Crippen LogP contribution is -2.26. The monoisotopic (exact) mass is 848 g/mol. The van der Waals surface area contributed by atoms with Crippen LogP contribution in [0.4, 0.5) is 10.1 Å². The van der Waals surface area contributed by atoms with Crippen molar-refractivity contribution in [3.8, 4) is 11.5 Å². The first-order valence-corrected chi connectivity index (χ1v) is 22.1. The summed E-state index contributed by atoms with van der Waals surface area (Å²) >= 11 is 0. The third-order valence-electron chi connectivity index (χ3n) is 9.85. The molecule has 3 aromatic rings. The van der Waals surface area contributed by atoms with E-state index < -0.39 is 15.8 Å². The summed E-state index contributed by atoms with van der Waals surface area (Å²) in [5.41, 5.74) is 4.55. The number of halogens is 1. The fraction of sp³-hybridized carbons (Fsp3) is 0.447. The molecule has 13 heteroatoms. The number of methoxy groups -OCH3 is 1. The van der Waals surface area contributed by atoms with Crippen molar-refractivity contribution >= 4 is 45.8 Å². The number of anilines is 1. The van der Waals surface area contributed by atoms with Crippen molar-refractivity contribution in [2.45, 2.75) is 96.8 Å². The van der Waals surface area contributed by atoms with Crippen LogP contribution in [0.1, 0.15) is 101 Å². The van der Waals surface area contributed by atoms with Crippen LogP contribution in [0.15, 0.2) is 67.3 Å². The van der Waals surface area contributed by atoms with E-state index in [1.807, 2.05) is 24.3 Å². The lowest BCUT2D eigenvalue weighted by Gasteiger charge is -2.26. The summed E-state index contributed by atoms with van der Waals surface area (Å²) < 4.78 is 67.7. The first kappa shape index (κ1) is 47.7. The van der Waals surface area contributed by atoms with Crippen molar-refractivity contribution in [3.63, 3.8) is 0 Å². The second kappa shape index (κ2) is 21.5. The maximum absolute atomic E-state index is 14.6. The Balaban J connectivity index is 0.000000295. The van der Waals surface area contributed by atoms with Crippen molar-refractivity contribution in [1.29, 1.82) is 0 Å². The summed E-state index contributed by atoms with van der Waals surface area (Å²) in [6.45, 7) is 19.4. The Bertz CT molecular complexity index is 2120. The average Bonchev–Trinajstić information content (AvgIpc) is 3.19. The number of hydrogen-bond acceptors (Lipinski definition) is 9. The molecule has 2 heterocycles. The maximum atomic E-state index is 14.6. The molecule has 60 heavy (non-hydrogen) atoms. The van der Waals surface area contributed by atoms with Crippen LogP contribution >= 0.6 is 0 Å². The summed E-state index contributed by atoms with van der Waals surface area (Å²) in [5.74, 6) is 0.0358. The fourth-order valence-corrected chi connectivity index (χ4v) is 6.90. The standard InChI is InChI=1S/C28H35FN2O5S.C19H26O4/c1-6-20-15-19(16-24(29)27(20)31-37(5,33)34)18-30-26(32)10-8-21-7-9-22(28(2,3)4)17-25(21)36-23-11-13-35-14-12-23;1-19(2,3)15-7-5-14(6-8-18(20)21-4)17(13-15)23-16-9-11-22-12-10-16/h6-10,15-17,23,31H,1,11-14,18H2,2-5H3,(H,30,32);5-8,13,16H,9-12H2,1-4H3. The van der Waals surface area contributed by atoms with Crippen LogP contribution in [-0.2, 0) is 51.2 Å². The molecule has 3 aromatic carbocycles. The predicted molar refractivity (Wildman–Crippen MR) is 236 cm³/mol. The van der Waals surface area contributed by atoms with Crippen LogP contribution in [0.3, 0.4) is 0 Å². The van der Waals surface area contributed by atoms with Crippen LogP contribution in [0.25, 0.3) is 18.2 Å². The third kappa shape index (κ3) is 15.2. The molecule has 2 saturated heterocycles. The van der Waals surface area contributed by atoms with E-state index in [0.717, 1.165) is 73.3 Å². The second-order valence-electron chi connectivity index (χ2n) is 16.9. The lowest BCUT2D eigenvalue weighted by molar-refractivity contribution is -0.134. The molecule has 11 nitrogen and oxygen atoms in total. The predicted octanol–water partition coefficient (Wildman–Crippen LogP) is 8.75. The zero-order valence-electron chi connectivity index (χ0n) is 36.2. The van der Waals surface area contributed by atoms with Gasteiger partial charge in [-0.1, -0.05) is 78.5 Å². The van der Waals surface area contributed by atoms with Gasteiger partial charge < -0.3 is 29.0 Å². The summed E-state index contributed by atoms with van der Waals surface area (Å²) in [7, 11) is -2.29. The van der Waals surface area contributed by atoms with Crippen molar-refractivity contribution in [1.82, 2.24) is 5.32 Å². The molecule has 1 amide bonds. The minimum atomic E-state index is -3.66. The molecule has 0 aliphatic carbocycles. The lowest BCUT2D eigenvalue weighted by atomic mass is 9.86. The molecule has 2 aliphatic heterocycles. The van der Waals surface area contributed by atoms with Gasteiger partial charge in [0.1, 0.15) is 29.5 Å². The van der Waals surface area contributed by atoms with Crippen LogP contribution in [0.2, 0.25) is 0 Å². The summed E-state index contributed by atoms with van der Waals surface area (Å²) in [4.78, 5) is 23.9. The molecule has 0 unspecified atom stereocenters. The number of hydrogen-bond donors (Lipinski definition) is 2. The first-order chi connectivity index (χ1) is 28.2. The van der Waals surface area contributed by atoms with Gasteiger partial charge >= 0.3 is 5.97 Å². The van der Waals surface area contributed by atoms with Crippen LogP contribution in [0.5, 0.6) is 11.5 Å². The van der Waals surface area contributed by atoms with Gasteiger partial charge in [0.25, 0.3) is 0 Å². The van der Waals surface area contributed by atoms with Crippen molar-refractivity contribution in [2.75, 3.05) is 44.5 Å². The SMILES string of the molecule is C=Cc1cc(CNC(=O)C=Cc2ccc(C(C)(C)C)cc2OC2CCOCC2)cc(F)c1NS(C)(=O)=O.COC(=O)C=Cc1ccc(C(C)(C)C)cc1OC1CCOCC1. The van der Waals surface area contributed by atoms with Crippen LogP contribution in [0, 0.1) is 5.82 Å². The summed E-state index contributed by atoms with van der Waals surface area (Å²) in [6.07, 6.45) is 12.2. The van der Waals surface area contributed by atoms with Gasteiger partial charge in [0.15, 0.2) is 0 Å². The number of esters is 1. The third-order valence-corrected chi connectivity index (χ3v) is 10.4. The van der Waals surface area contributed by atoms with Gasteiger partial charge in [0, 0.05) is 61.1 Å². The average molecular weight is 849 g/mol. The Labute approximate surface area is 355 Å². The first-order valence-electron chi connectivity index (χ1n) is 20.2. The topological polar surface area (TPSA) is 138 Å². The summed E-state index contributed by atoms with van der Waals surface area (Å²) in [6, 6.07) is 14.9. The molecule has 0 radical (unpaired) electrons. The number of carbonyl (C=O) groups excluding carboxylic acids is 2. The molecule has 0 aromatic heterocycles. The maximum Gasteiger partial charge on any atom is 0.330 e. The number of ether oxygens (including phenoxy) is 5. The molecular formula is C47H61FN2O9S. The van der Waals surface area contributed by atoms with E-state index in [-0.39, 0.29) is 52.7 Å². The number of carbonyl (C=O) groups is 2. The quantitative estimate of drug-likeness (QED) is 0.128. The highest BCUT2D eigenvalue weighted by Crippen LogP contribution is 2.33. The zero-order valence-corrected chi connectivity index (χ0v) is 37.0. The second-order valence-corrected chi connectivity index (χ2v) is 18.6. The van der Waals surface area contributed by atoms with Gasteiger partial charge in [-0.2, -0.15) is 0 Å². The number of sulfonamides is 1. The summed E-state index contributed by atoms with van der Waals surface area (Å²) in [5, 5.41) is 2.73. The molecular weight excluding hydrogens is 788 g/mol. The van der Waals surface area contributed by atoms with Gasteiger partial charge in [-0.25, -0.2) is 17.6 Å². The molecule has 0 atom stereocenters. The van der Waals surface area contributed by atoms with Crippen molar-refractivity contribution in [3.05, 3.63) is 106 Å². The van der Waals surface area contributed by atoms with Crippen LogP contribution < -0.4 is 19.5 Å². The van der Waals surface area contributed by atoms with Gasteiger partial charge in [-0.05, 0) is 63.9 Å². The van der Waals surface area contributed by atoms with E-state index in [4.69, 9.17) is 18.9 Å². The normalized spacial score (nSPS) is 15.6. The number of nitrogens with one attached hydrogen (secondary N) is 2. The molecule has 2 aliphatic rings. The molecule has 326 valence electrons. The van der Waals surface area contributed by atoms with E-state index in [2.05, 4.69) is 75.0 Å². The Kier molecular flexibility index (Phi) is 17.1. The minimum absolute atomic E-state index is 0.0401. The molecule has 2 N–H and O–H groups in total. The number of benzene rings is 3. The highest BCUT2D eigenvalue weighted by atomic mass is 32.2. The number of rotatable bonds is 13. The number of amides is 1. The molecule has 0 saturated carbocycles. The fourth-order valence-electron chi connectivity index (χ4n) is 6.31. The Hall–Kier alpha value is -4.98. The zero-order chi connectivity index (χ0) is 44.1.